The highest BCUT2D eigenvalue weighted by Gasteiger charge is 2.20. The number of amides is 1. The number of benzene rings is 2. The molecule has 5 nitrogen and oxygen atoms in total. The van der Waals surface area contributed by atoms with Gasteiger partial charge in [0.05, 0.1) is 16.3 Å². The van der Waals surface area contributed by atoms with E-state index in [1.807, 2.05) is 32.0 Å². The maximum Gasteiger partial charge on any atom is 0.258 e. The Balaban J connectivity index is 1.55. The van der Waals surface area contributed by atoms with Gasteiger partial charge in [-0.2, -0.15) is 0 Å². The van der Waals surface area contributed by atoms with E-state index in [4.69, 9.17) is 11.6 Å². The maximum absolute atomic E-state index is 12.6. The first kappa shape index (κ1) is 18.4. The van der Waals surface area contributed by atoms with E-state index in [1.165, 1.54) is 5.56 Å². The lowest BCUT2D eigenvalue weighted by molar-refractivity contribution is 0.102. The Bertz CT molecular complexity index is 1010. The SMILES string of the molecule is Cc1cc(C)c(NC(=O)c2cnc(N3CCCc4ccccc43)nc2)c(Cl)c1. The molecule has 0 atom stereocenters. The third-order valence-electron chi connectivity index (χ3n) is 4.92. The van der Waals surface area contributed by atoms with Gasteiger partial charge >= 0.3 is 0 Å². The number of rotatable bonds is 3. The van der Waals surface area contributed by atoms with Gasteiger partial charge in [-0.1, -0.05) is 35.9 Å². The molecule has 0 radical (unpaired) electrons. The normalized spacial score (nSPS) is 13.2. The van der Waals surface area contributed by atoms with Crippen LogP contribution in [-0.4, -0.2) is 22.4 Å². The zero-order valence-electron chi connectivity index (χ0n) is 15.9. The third kappa shape index (κ3) is 3.58. The Morgan fingerprint density at radius 1 is 1.14 bits per heavy atom. The summed E-state index contributed by atoms with van der Waals surface area (Å²) in [6.45, 7) is 4.75. The van der Waals surface area contributed by atoms with E-state index in [9.17, 15) is 4.79 Å². The highest BCUT2D eigenvalue weighted by atomic mass is 35.5. The number of aryl methyl sites for hydroxylation is 3. The molecule has 0 saturated carbocycles. The molecule has 2 heterocycles. The average Bonchev–Trinajstić information content (AvgIpc) is 2.70. The lowest BCUT2D eigenvalue weighted by atomic mass is 10.0. The van der Waals surface area contributed by atoms with E-state index < -0.39 is 0 Å². The molecule has 0 saturated heterocycles. The number of para-hydroxylation sites is 1. The van der Waals surface area contributed by atoms with E-state index in [-0.39, 0.29) is 5.91 Å². The fourth-order valence-electron chi connectivity index (χ4n) is 3.58. The zero-order valence-corrected chi connectivity index (χ0v) is 16.6. The summed E-state index contributed by atoms with van der Waals surface area (Å²) in [6.07, 6.45) is 5.23. The summed E-state index contributed by atoms with van der Waals surface area (Å²) in [5, 5.41) is 3.39. The topological polar surface area (TPSA) is 58.1 Å². The van der Waals surface area contributed by atoms with E-state index in [1.54, 1.807) is 12.4 Å². The number of carbonyl (C=O) groups excluding carboxylic acids is 1. The lowest BCUT2D eigenvalue weighted by Gasteiger charge is -2.29. The van der Waals surface area contributed by atoms with Crippen LogP contribution in [0.15, 0.2) is 48.8 Å². The van der Waals surface area contributed by atoms with Gasteiger partial charge in [0.1, 0.15) is 0 Å². The number of nitrogens with zero attached hydrogens (tertiary/aromatic N) is 3. The van der Waals surface area contributed by atoms with Crippen LogP contribution >= 0.6 is 11.6 Å². The van der Waals surface area contributed by atoms with Crippen LogP contribution in [0, 0.1) is 13.8 Å². The molecular weight excluding hydrogens is 372 g/mol. The van der Waals surface area contributed by atoms with Gasteiger partial charge in [0.2, 0.25) is 5.95 Å². The quantitative estimate of drug-likeness (QED) is 0.675. The first-order valence-electron chi connectivity index (χ1n) is 9.28. The molecule has 2 aromatic carbocycles. The van der Waals surface area contributed by atoms with Crippen molar-refractivity contribution in [3.8, 4) is 0 Å². The van der Waals surface area contributed by atoms with Crippen molar-refractivity contribution < 1.29 is 4.79 Å². The fraction of sp³-hybridized carbons (Fsp3) is 0.227. The highest BCUT2D eigenvalue weighted by Crippen LogP contribution is 2.31. The van der Waals surface area contributed by atoms with E-state index in [2.05, 4.69) is 38.4 Å². The first-order valence-corrected chi connectivity index (χ1v) is 9.66. The highest BCUT2D eigenvalue weighted by molar-refractivity contribution is 6.34. The summed E-state index contributed by atoms with van der Waals surface area (Å²) in [6, 6.07) is 12.1. The van der Waals surface area contributed by atoms with Crippen molar-refractivity contribution in [3.05, 3.63) is 76.1 Å². The molecule has 0 unspecified atom stereocenters. The molecule has 1 aliphatic heterocycles. The summed E-state index contributed by atoms with van der Waals surface area (Å²) in [4.78, 5) is 23.6. The minimum absolute atomic E-state index is 0.278. The predicted molar refractivity (Wildman–Crippen MR) is 113 cm³/mol. The lowest BCUT2D eigenvalue weighted by Crippen LogP contribution is -2.26. The molecule has 0 bridgehead atoms. The molecule has 28 heavy (non-hydrogen) atoms. The second-order valence-corrected chi connectivity index (χ2v) is 7.46. The van der Waals surface area contributed by atoms with Crippen LogP contribution in [0.3, 0.4) is 0 Å². The van der Waals surface area contributed by atoms with E-state index in [0.29, 0.717) is 22.2 Å². The number of anilines is 3. The van der Waals surface area contributed by atoms with Crippen molar-refractivity contribution >= 4 is 34.8 Å². The summed E-state index contributed by atoms with van der Waals surface area (Å²) in [5.41, 5.74) is 5.41. The Morgan fingerprint density at radius 2 is 1.89 bits per heavy atom. The molecule has 3 aromatic rings. The molecule has 1 amide bonds. The van der Waals surface area contributed by atoms with Crippen molar-refractivity contribution in [3.63, 3.8) is 0 Å². The van der Waals surface area contributed by atoms with Crippen LogP contribution in [0.1, 0.15) is 33.5 Å². The van der Waals surface area contributed by atoms with E-state index in [0.717, 1.165) is 36.2 Å². The Kier molecular flexibility index (Phi) is 5.01. The van der Waals surface area contributed by atoms with Crippen LogP contribution in [0.4, 0.5) is 17.3 Å². The van der Waals surface area contributed by atoms with Crippen LogP contribution < -0.4 is 10.2 Å². The van der Waals surface area contributed by atoms with Crippen LogP contribution in [0.25, 0.3) is 0 Å². The molecular formula is C22H21ClN4O. The van der Waals surface area contributed by atoms with Crippen LogP contribution in [0.5, 0.6) is 0 Å². The average molecular weight is 393 g/mol. The second-order valence-electron chi connectivity index (χ2n) is 7.05. The first-order chi connectivity index (χ1) is 13.5. The van der Waals surface area contributed by atoms with Gasteiger partial charge in [0.15, 0.2) is 0 Å². The molecule has 6 heteroatoms. The summed E-state index contributed by atoms with van der Waals surface area (Å²) in [5.74, 6) is 0.327. The molecule has 0 aliphatic carbocycles. The predicted octanol–water partition coefficient (Wildman–Crippen LogP) is 5.08. The van der Waals surface area contributed by atoms with Crippen molar-refractivity contribution in [2.24, 2.45) is 0 Å². The molecule has 0 spiro atoms. The van der Waals surface area contributed by atoms with Crippen LogP contribution in [-0.2, 0) is 6.42 Å². The molecule has 1 aromatic heterocycles. The number of hydrogen-bond acceptors (Lipinski definition) is 4. The number of aromatic nitrogens is 2. The van der Waals surface area contributed by atoms with Crippen molar-refractivity contribution in [1.29, 1.82) is 0 Å². The third-order valence-corrected chi connectivity index (χ3v) is 5.22. The molecule has 142 valence electrons. The molecule has 0 fully saturated rings. The minimum atomic E-state index is -0.278. The zero-order chi connectivity index (χ0) is 19.7. The second kappa shape index (κ2) is 7.60. The number of carbonyl (C=O) groups is 1. The maximum atomic E-state index is 12.6. The number of halogens is 1. The summed E-state index contributed by atoms with van der Waals surface area (Å²) >= 11 is 6.29. The summed E-state index contributed by atoms with van der Waals surface area (Å²) in [7, 11) is 0. The number of nitrogens with one attached hydrogen (secondary N) is 1. The van der Waals surface area contributed by atoms with E-state index >= 15 is 0 Å². The van der Waals surface area contributed by atoms with Gasteiger partial charge in [-0.15, -0.1) is 0 Å². The van der Waals surface area contributed by atoms with Gasteiger partial charge in [0, 0.05) is 24.6 Å². The van der Waals surface area contributed by atoms with Gasteiger partial charge in [0.25, 0.3) is 5.91 Å². The van der Waals surface area contributed by atoms with Crippen molar-refractivity contribution in [1.82, 2.24) is 9.97 Å². The monoisotopic (exact) mass is 392 g/mol. The number of hydrogen-bond donors (Lipinski definition) is 1. The Morgan fingerprint density at radius 3 is 2.64 bits per heavy atom. The van der Waals surface area contributed by atoms with Gasteiger partial charge in [-0.3, -0.25) is 4.79 Å². The Labute approximate surface area is 169 Å². The number of fused-ring (bicyclic) bond motifs is 1. The smallest absolute Gasteiger partial charge is 0.258 e. The molecule has 4 rings (SSSR count). The Hall–Kier alpha value is -2.92. The van der Waals surface area contributed by atoms with Crippen LogP contribution in [0.2, 0.25) is 5.02 Å². The molecule has 1 N–H and O–H groups in total. The fourth-order valence-corrected chi connectivity index (χ4v) is 3.95. The van der Waals surface area contributed by atoms with Gasteiger partial charge in [-0.05, 0) is 55.5 Å². The standard InChI is InChI=1S/C22H21ClN4O/c1-14-10-15(2)20(18(23)11-14)26-21(28)17-12-24-22(25-13-17)27-9-5-7-16-6-3-4-8-19(16)27/h3-4,6,8,10-13H,5,7,9H2,1-2H3,(H,26,28). The van der Waals surface area contributed by atoms with Gasteiger partial charge < -0.3 is 10.2 Å². The minimum Gasteiger partial charge on any atom is -0.320 e. The summed E-state index contributed by atoms with van der Waals surface area (Å²) < 4.78 is 0. The van der Waals surface area contributed by atoms with Crippen molar-refractivity contribution in [2.45, 2.75) is 26.7 Å². The van der Waals surface area contributed by atoms with Gasteiger partial charge in [-0.25, -0.2) is 9.97 Å². The largest absolute Gasteiger partial charge is 0.320 e. The molecule has 1 aliphatic rings. The van der Waals surface area contributed by atoms with Crippen molar-refractivity contribution in [2.75, 3.05) is 16.8 Å².